The van der Waals surface area contributed by atoms with Crippen LogP contribution in [0, 0.1) is 5.82 Å². The lowest BCUT2D eigenvalue weighted by atomic mass is 10.3. The van der Waals surface area contributed by atoms with Crippen LogP contribution in [0.2, 0.25) is 0 Å². The third kappa shape index (κ3) is 2.84. The highest BCUT2D eigenvalue weighted by Crippen LogP contribution is 2.23. The first kappa shape index (κ1) is 12.5. The van der Waals surface area contributed by atoms with Gasteiger partial charge in [-0.2, -0.15) is 0 Å². The fourth-order valence-electron chi connectivity index (χ4n) is 1.32. The van der Waals surface area contributed by atoms with E-state index in [4.69, 9.17) is 5.73 Å². The molecular formula is C12H9BrFN3O. The van der Waals surface area contributed by atoms with Crippen LogP contribution in [-0.2, 0) is 0 Å². The summed E-state index contributed by atoms with van der Waals surface area (Å²) in [6.07, 6.45) is 1.40. The minimum Gasteiger partial charge on any atom is -0.397 e. The number of halogens is 2. The largest absolute Gasteiger partial charge is 0.397 e. The molecule has 18 heavy (non-hydrogen) atoms. The number of pyridine rings is 1. The number of aromatic nitrogens is 1. The van der Waals surface area contributed by atoms with Crippen molar-refractivity contribution in [1.82, 2.24) is 4.98 Å². The number of hydrogen-bond acceptors (Lipinski definition) is 3. The lowest BCUT2D eigenvalue weighted by molar-refractivity contribution is 0.102. The highest BCUT2D eigenvalue weighted by molar-refractivity contribution is 9.10. The quantitative estimate of drug-likeness (QED) is 0.896. The average molecular weight is 310 g/mol. The number of hydrogen-bond donors (Lipinski definition) is 2. The van der Waals surface area contributed by atoms with Gasteiger partial charge in [0.15, 0.2) is 0 Å². The first-order valence-corrected chi connectivity index (χ1v) is 5.83. The van der Waals surface area contributed by atoms with Crippen LogP contribution in [0.4, 0.5) is 15.8 Å². The molecule has 0 aliphatic carbocycles. The van der Waals surface area contributed by atoms with Gasteiger partial charge in [0, 0.05) is 4.47 Å². The lowest BCUT2D eigenvalue weighted by Crippen LogP contribution is -2.14. The number of rotatable bonds is 2. The molecule has 4 nitrogen and oxygen atoms in total. The zero-order valence-electron chi connectivity index (χ0n) is 9.15. The third-order valence-electron chi connectivity index (χ3n) is 2.20. The minimum atomic E-state index is -0.387. The van der Waals surface area contributed by atoms with Crippen molar-refractivity contribution in [3.63, 3.8) is 0 Å². The van der Waals surface area contributed by atoms with Crippen LogP contribution in [0.25, 0.3) is 0 Å². The Morgan fingerprint density at radius 2 is 2.11 bits per heavy atom. The minimum absolute atomic E-state index is 0.237. The highest BCUT2D eigenvalue weighted by atomic mass is 79.9. The fraction of sp³-hybridized carbons (Fsp3) is 0. The van der Waals surface area contributed by atoms with Gasteiger partial charge in [-0.1, -0.05) is 0 Å². The second-order valence-electron chi connectivity index (χ2n) is 3.56. The van der Waals surface area contributed by atoms with E-state index in [9.17, 15) is 9.18 Å². The number of nitrogens with two attached hydrogens (primary N) is 1. The summed E-state index contributed by atoms with van der Waals surface area (Å²) in [5.41, 5.74) is 6.67. The predicted molar refractivity (Wildman–Crippen MR) is 70.7 cm³/mol. The summed E-state index contributed by atoms with van der Waals surface area (Å²) in [5, 5.41) is 2.62. The highest BCUT2D eigenvalue weighted by Gasteiger charge is 2.09. The number of benzene rings is 1. The van der Waals surface area contributed by atoms with Crippen LogP contribution < -0.4 is 11.1 Å². The van der Waals surface area contributed by atoms with Crippen LogP contribution >= 0.6 is 15.9 Å². The molecule has 0 aliphatic heterocycles. The molecule has 6 heteroatoms. The molecule has 1 amide bonds. The molecule has 2 rings (SSSR count). The van der Waals surface area contributed by atoms with Crippen molar-refractivity contribution < 1.29 is 9.18 Å². The lowest BCUT2D eigenvalue weighted by Gasteiger charge is -2.07. The summed E-state index contributed by atoms with van der Waals surface area (Å²) in [5.74, 6) is -0.771. The van der Waals surface area contributed by atoms with Crippen LogP contribution in [-0.4, -0.2) is 10.9 Å². The number of anilines is 2. The van der Waals surface area contributed by atoms with Gasteiger partial charge in [-0.3, -0.25) is 4.79 Å². The van der Waals surface area contributed by atoms with Gasteiger partial charge in [-0.15, -0.1) is 0 Å². The van der Waals surface area contributed by atoms with Crippen molar-refractivity contribution in [2.75, 3.05) is 11.1 Å². The molecule has 2 aromatic rings. The molecule has 0 saturated carbocycles. The summed E-state index contributed by atoms with van der Waals surface area (Å²) in [6.45, 7) is 0. The zero-order chi connectivity index (χ0) is 13.1. The number of nitrogens with one attached hydrogen (secondary N) is 1. The Balaban J connectivity index is 2.18. The smallest absolute Gasteiger partial charge is 0.274 e. The van der Waals surface area contributed by atoms with Gasteiger partial charge in [0.2, 0.25) is 0 Å². The van der Waals surface area contributed by atoms with Gasteiger partial charge < -0.3 is 11.1 Å². The number of nitrogens with zero attached hydrogens (tertiary/aromatic N) is 1. The molecule has 1 aromatic heterocycles. The van der Waals surface area contributed by atoms with Gasteiger partial charge >= 0.3 is 0 Å². The maximum absolute atomic E-state index is 12.9. The van der Waals surface area contributed by atoms with Crippen molar-refractivity contribution in [3.8, 4) is 0 Å². The van der Waals surface area contributed by atoms with Gasteiger partial charge in [0.1, 0.15) is 11.5 Å². The van der Waals surface area contributed by atoms with E-state index in [1.54, 1.807) is 6.07 Å². The van der Waals surface area contributed by atoms with E-state index in [-0.39, 0.29) is 17.4 Å². The summed E-state index contributed by atoms with van der Waals surface area (Å²) >= 11 is 3.16. The first-order valence-electron chi connectivity index (χ1n) is 5.04. The van der Waals surface area contributed by atoms with Crippen molar-refractivity contribution in [2.45, 2.75) is 0 Å². The fourth-order valence-corrected chi connectivity index (χ4v) is 1.77. The molecule has 0 unspecified atom stereocenters. The monoisotopic (exact) mass is 309 g/mol. The second kappa shape index (κ2) is 5.14. The number of carbonyl (C=O) groups is 1. The summed E-state index contributed by atoms with van der Waals surface area (Å²) in [7, 11) is 0. The van der Waals surface area contributed by atoms with Gasteiger partial charge in [-0.25, -0.2) is 9.37 Å². The van der Waals surface area contributed by atoms with E-state index in [1.165, 1.54) is 30.5 Å². The molecule has 0 atom stereocenters. The summed E-state index contributed by atoms with van der Waals surface area (Å²) < 4.78 is 13.3. The molecule has 0 bridgehead atoms. The van der Waals surface area contributed by atoms with E-state index >= 15 is 0 Å². The standard InChI is InChI=1S/C12H9BrFN3O/c13-9-5-7(14)1-3-10(9)17-12(18)11-4-2-8(15)6-16-11/h1-6H,15H2,(H,17,18). The first-order chi connectivity index (χ1) is 8.56. The average Bonchev–Trinajstić information content (AvgIpc) is 2.33. The zero-order valence-corrected chi connectivity index (χ0v) is 10.7. The Bertz CT molecular complexity index is 586. The number of carbonyl (C=O) groups excluding carboxylic acids is 1. The van der Waals surface area contributed by atoms with Crippen molar-refractivity contribution in [1.29, 1.82) is 0 Å². The van der Waals surface area contributed by atoms with Gasteiger partial charge in [0.05, 0.1) is 17.6 Å². The predicted octanol–water partition coefficient (Wildman–Crippen LogP) is 2.82. The molecule has 92 valence electrons. The SMILES string of the molecule is Nc1ccc(C(=O)Nc2ccc(F)cc2Br)nc1. The van der Waals surface area contributed by atoms with E-state index in [2.05, 4.69) is 26.2 Å². The van der Waals surface area contributed by atoms with E-state index in [0.29, 0.717) is 15.8 Å². The Kier molecular flexibility index (Phi) is 3.57. The maximum atomic E-state index is 12.9. The molecule has 1 heterocycles. The Morgan fingerprint density at radius 3 is 2.72 bits per heavy atom. The normalized spacial score (nSPS) is 10.1. The molecule has 1 aromatic carbocycles. The molecule has 0 aliphatic rings. The topological polar surface area (TPSA) is 68.0 Å². The molecule has 3 N–H and O–H groups in total. The second-order valence-corrected chi connectivity index (χ2v) is 4.41. The molecule has 0 radical (unpaired) electrons. The molecule has 0 saturated heterocycles. The Morgan fingerprint density at radius 1 is 1.33 bits per heavy atom. The van der Waals surface area contributed by atoms with Gasteiger partial charge in [-0.05, 0) is 46.3 Å². The van der Waals surface area contributed by atoms with Crippen LogP contribution in [0.1, 0.15) is 10.5 Å². The summed E-state index contributed by atoms with van der Waals surface area (Å²) in [6, 6.07) is 7.10. The van der Waals surface area contributed by atoms with Crippen LogP contribution in [0.15, 0.2) is 41.0 Å². The molecular weight excluding hydrogens is 301 g/mol. The van der Waals surface area contributed by atoms with E-state index in [1.807, 2.05) is 0 Å². The van der Waals surface area contributed by atoms with Crippen molar-refractivity contribution in [3.05, 3.63) is 52.5 Å². The van der Waals surface area contributed by atoms with E-state index in [0.717, 1.165) is 0 Å². The number of amides is 1. The van der Waals surface area contributed by atoms with Crippen molar-refractivity contribution in [2.24, 2.45) is 0 Å². The maximum Gasteiger partial charge on any atom is 0.274 e. The molecule has 0 spiro atoms. The Labute approximate surface area is 111 Å². The Hall–Kier alpha value is -1.95. The van der Waals surface area contributed by atoms with Crippen LogP contribution in [0.5, 0.6) is 0 Å². The van der Waals surface area contributed by atoms with Crippen LogP contribution in [0.3, 0.4) is 0 Å². The molecule has 0 fully saturated rings. The van der Waals surface area contributed by atoms with Crippen molar-refractivity contribution >= 4 is 33.2 Å². The van der Waals surface area contributed by atoms with E-state index < -0.39 is 0 Å². The summed E-state index contributed by atoms with van der Waals surface area (Å²) in [4.78, 5) is 15.7. The van der Waals surface area contributed by atoms with Gasteiger partial charge in [0.25, 0.3) is 5.91 Å². The number of nitrogen functional groups attached to an aromatic ring is 1. The third-order valence-corrected chi connectivity index (χ3v) is 2.85.